The molecule has 0 aliphatic carbocycles. The number of carbonyl (C=O) groups is 1. The van der Waals surface area contributed by atoms with Gasteiger partial charge in [0.05, 0.1) is 11.9 Å². The third-order valence-corrected chi connectivity index (χ3v) is 3.90. The van der Waals surface area contributed by atoms with E-state index in [1.807, 2.05) is 36.5 Å². The van der Waals surface area contributed by atoms with Gasteiger partial charge in [0.15, 0.2) is 5.69 Å². The highest BCUT2D eigenvalue weighted by molar-refractivity contribution is 5.92. The number of rotatable bonds is 2. The summed E-state index contributed by atoms with van der Waals surface area (Å²) in [6, 6.07) is 9.56. The van der Waals surface area contributed by atoms with E-state index < -0.39 is 0 Å². The molecule has 7 nitrogen and oxygen atoms in total. The lowest BCUT2D eigenvalue weighted by atomic mass is 10.0. The second kappa shape index (κ2) is 5.10. The molecule has 22 heavy (non-hydrogen) atoms. The van der Waals surface area contributed by atoms with Gasteiger partial charge in [0.25, 0.3) is 5.91 Å². The normalized spacial score (nSPS) is 17.3. The first-order chi connectivity index (χ1) is 10.8. The molecule has 0 radical (unpaired) electrons. The lowest BCUT2D eigenvalue weighted by Crippen LogP contribution is -2.42. The maximum Gasteiger partial charge on any atom is 0.276 e. The van der Waals surface area contributed by atoms with Crippen LogP contribution in [-0.2, 0) is 6.54 Å². The van der Waals surface area contributed by atoms with Crippen molar-refractivity contribution in [2.24, 2.45) is 0 Å². The Hall–Kier alpha value is -2.96. The van der Waals surface area contributed by atoms with Gasteiger partial charge in [-0.25, -0.2) is 0 Å². The van der Waals surface area contributed by atoms with Crippen LogP contribution in [0.2, 0.25) is 0 Å². The lowest BCUT2D eigenvalue weighted by Gasteiger charge is -2.36. The van der Waals surface area contributed by atoms with Crippen LogP contribution >= 0.6 is 0 Å². The zero-order valence-electron chi connectivity index (χ0n) is 11.8. The van der Waals surface area contributed by atoms with E-state index >= 15 is 0 Å². The van der Waals surface area contributed by atoms with E-state index in [4.69, 9.17) is 0 Å². The maximum absolute atomic E-state index is 12.7. The topological polar surface area (TPSA) is 79.7 Å². The molecular formula is C15H14N6O. The molecule has 4 rings (SSSR count). The third-order valence-electron chi connectivity index (χ3n) is 3.90. The molecular weight excluding hydrogens is 280 g/mol. The molecule has 1 amide bonds. The van der Waals surface area contributed by atoms with Crippen molar-refractivity contribution in [1.29, 1.82) is 0 Å². The summed E-state index contributed by atoms with van der Waals surface area (Å²) in [5, 5.41) is 10.1. The van der Waals surface area contributed by atoms with Crippen molar-refractivity contribution < 1.29 is 4.79 Å². The Labute approximate surface area is 126 Å². The molecule has 1 aliphatic rings. The molecule has 3 aromatic rings. The summed E-state index contributed by atoms with van der Waals surface area (Å²) in [4.78, 5) is 19.0. The molecule has 110 valence electrons. The summed E-state index contributed by atoms with van der Waals surface area (Å²) in [6.07, 6.45) is 5.23. The van der Waals surface area contributed by atoms with E-state index in [1.165, 1.54) is 6.20 Å². The molecule has 0 fully saturated rings. The molecule has 0 aromatic carbocycles. The predicted molar refractivity (Wildman–Crippen MR) is 77.9 cm³/mol. The average molecular weight is 294 g/mol. The molecule has 7 heteroatoms. The van der Waals surface area contributed by atoms with Crippen molar-refractivity contribution in [1.82, 2.24) is 29.9 Å². The monoisotopic (exact) mass is 294 g/mol. The molecule has 0 saturated carbocycles. The summed E-state index contributed by atoms with van der Waals surface area (Å²) < 4.78 is 2.16. The van der Waals surface area contributed by atoms with Crippen molar-refractivity contribution in [3.05, 3.63) is 66.0 Å². The van der Waals surface area contributed by atoms with Gasteiger partial charge in [-0.3, -0.25) is 9.78 Å². The van der Waals surface area contributed by atoms with E-state index in [0.29, 0.717) is 12.2 Å². The quantitative estimate of drug-likeness (QED) is 0.771. The highest BCUT2D eigenvalue weighted by Crippen LogP contribution is 2.31. The van der Waals surface area contributed by atoms with Crippen LogP contribution in [0.3, 0.4) is 0 Å². The number of aromatic nitrogens is 5. The number of hydrogen-bond acceptors (Lipinski definition) is 4. The van der Waals surface area contributed by atoms with Crippen LogP contribution in [-0.4, -0.2) is 42.3 Å². The van der Waals surface area contributed by atoms with Gasteiger partial charge >= 0.3 is 0 Å². The van der Waals surface area contributed by atoms with Gasteiger partial charge in [-0.2, -0.15) is 15.4 Å². The van der Waals surface area contributed by atoms with Crippen molar-refractivity contribution in [3.8, 4) is 0 Å². The Morgan fingerprint density at radius 3 is 2.95 bits per heavy atom. The van der Waals surface area contributed by atoms with E-state index in [1.54, 1.807) is 11.1 Å². The highest BCUT2D eigenvalue weighted by Gasteiger charge is 2.34. The van der Waals surface area contributed by atoms with Crippen LogP contribution in [0.1, 0.15) is 27.9 Å². The first kappa shape index (κ1) is 12.8. The van der Waals surface area contributed by atoms with Crippen molar-refractivity contribution >= 4 is 5.91 Å². The average Bonchev–Trinajstić information content (AvgIpc) is 3.25. The number of hydrogen-bond donors (Lipinski definition) is 1. The molecule has 0 bridgehead atoms. The van der Waals surface area contributed by atoms with E-state index in [2.05, 4.69) is 25.0 Å². The number of carbonyl (C=O) groups excluding carboxylic acids is 1. The highest BCUT2D eigenvalue weighted by atomic mass is 16.2. The molecule has 3 aromatic heterocycles. The predicted octanol–water partition coefficient (Wildman–Crippen LogP) is 1.25. The zero-order chi connectivity index (χ0) is 14.9. The molecule has 0 saturated heterocycles. The van der Waals surface area contributed by atoms with Crippen LogP contribution in [0.15, 0.2) is 48.9 Å². The fraction of sp³-hybridized carbons (Fsp3) is 0.200. The molecule has 4 heterocycles. The molecule has 1 atom stereocenters. The smallest absolute Gasteiger partial charge is 0.276 e. The van der Waals surface area contributed by atoms with Gasteiger partial charge in [0.2, 0.25) is 0 Å². The second-order valence-electron chi connectivity index (χ2n) is 5.14. The maximum atomic E-state index is 12.7. The Balaban J connectivity index is 1.79. The van der Waals surface area contributed by atoms with Gasteiger partial charge in [-0.15, -0.1) is 0 Å². The SMILES string of the molecule is O=C(c1cn[nH]n1)N1CCn2cccc2[C@@H]1c1ccccn1. The molecule has 0 unspecified atom stereocenters. The number of pyridine rings is 1. The van der Waals surface area contributed by atoms with Gasteiger partial charge < -0.3 is 9.47 Å². The molecule has 1 aliphatic heterocycles. The van der Waals surface area contributed by atoms with Crippen LogP contribution in [0, 0.1) is 0 Å². The summed E-state index contributed by atoms with van der Waals surface area (Å²) in [6.45, 7) is 1.36. The first-order valence-corrected chi connectivity index (χ1v) is 7.07. The number of fused-ring (bicyclic) bond motifs is 1. The van der Waals surface area contributed by atoms with Crippen LogP contribution in [0.4, 0.5) is 0 Å². The first-order valence-electron chi connectivity index (χ1n) is 7.07. The fourth-order valence-corrected chi connectivity index (χ4v) is 2.90. The van der Waals surface area contributed by atoms with E-state index in [0.717, 1.165) is 17.9 Å². The van der Waals surface area contributed by atoms with Crippen molar-refractivity contribution in [3.63, 3.8) is 0 Å². The standard InChI is InChI=1S/C15H14N6O/c22-15(12-10-17-19-18-12)21-9-8-20-7-3-5-13(20)14(21)11-4-1-2-6-16-11/h1-7,10,14H,8-9H2,(H,17,18,19)/t14-/m0/s1. The fourth-order valence-electron chi connectivity index (χ4n) is 2.90. The van der Waals surface area contributed by atoms with Crippen molar-refractivity contribution in [2.75, 3.05) is 6.54 Å². The summed E-state index contributed by atoms with van der Waals surface area (Å²) in [5.74, 6) is -0.142. The van der Waals surface area contributed by atoms with Crippen LogP contribution in [0.25, 0.3) is 0 Å². The summed E-state index contributed by atoms with van der Waals surface area (Å²) in [5.41, 5.74) is 2.22. The van der Waals surface area contributed by atoms with E-state index in [-0.39, 0.29) is 11.9 Å². The Kier molecular flexibility index (Phi) is 2.96. The summed E-state index contributed by atoms with van der Waals surface area (Å²) in [7, 11) is 0. The van der Waals surface area contributed by atoms with Crippen LogP contribution in [0.5, 0.6) is 0 Å². The van der Waals surface area contributed by atoms with E-state index in [9.17, 15) is 4.79 Å². The van der Waals surface area contributed by atoms with Gasteiger partial charge in [-0.1, -0.05) is 6.07 Å². The minimum absolute atomic E-state index is 0.142. The minimum atomic E-state index is -0.214. The Morgan fingerprint density at radius 2 is 2.18 bits per heavy atom. The zero-order valence-corrected chi connectivity index (χ0v) is 11.8. The van der Waals surface area contributed by atoms with Crippen LogP contribution < -0.4 is 0 Å². The van der Waals surface area contributed by atoms with Gasteiger partial charge in [-0.05, 0) is 24.3 Å². The largest absolute Gasteiger partial charge is 0.347 e. The number of amides is 1. The number of nitrogens with one attached hydrogen (secondary N) is 1. The molecule has 1 N–H and O–H groups in total. The van der Waals surface area contributed by atoms with Gasteiger partial charge in [0, 0.05) is 31.2 Å². The number of nitrogens with zero attached hydrogens (tertiary/aromatic N) is 5. The molecule has 0 spiro atoms. The number of aromatic amines is 1. The minimum Gasteiger partial charge on any atom is -0.347 e. The van der Waals surface area contributed by atoms with Crippen molar-refractivity contribution in [2.45, 2.75) is 12.6 Å². The lowest BCUT2D eigenvalue weighted by molar-refractivity contribution is 0.0654. The number of H-pyrrole nitrogens is 1. The second-order valence-corrected chi connectivity index (χ2v) is 5.14. The Bertz CT molecular complexity index is 779. The van der Waals surface area contributed by atoms with Gasteiger partial charge in [0.1, 0.15) is 6.04 Å². The third kappa shape index (κ3) is 1.98. The Morgan fingerprint density at radius 1 is 1.23 bits per heavy atom. The summed E-state index contributed by atoms with van der Waals surface area (Å²) >= 11 is 0.